The summed E-state index contributed by atoms with van der Waals surface area (Å²) >= 11 is 0. The summed E-state index contributed by atoms with van der Waals surface area (Å²) in [5, 5.41) is 6.46. The summed E-state index contributed by atoms with van der Waals surface area (Å²) < 4.78 is 11.1. The van der Waals surface area contributed by atoms with Gasteiger partial charge in [0.1, 0.15) is 5.60 Å². The monoisotopic (exact) mass is 385 g/mol. The summed E-state index contributed by atoms with van der Waals surface area (Å²) in [7, 11) is 1.70. The lowest BCUT2D eigenvalue weighted by Crippen LogP contribution is -2.63. The van der Waals surface area contributed by atoms with Crippen molar-refractivity contribution in [3.8, 4) is 11.3 Å². The van der Waals surface area contributed by atoms with Gasteiger partial charge in [-0.2, -0.15) is 0 Å². The van der Waals surface area contributed by atoms with Gasteiger partial charge in [-0.25, -0.2) is 9.78 Å². The number of rotatable bonds is 4. The van der Waals surface area contributed by atoms with Crippen LogP contribution in [0.3, 0.4) is 0 Å². The number of carbonyl (C=O) groups excluding carboxylic acids is 1. The van der Waals surface area contributed by atoms with E-state index in [2.05, 4.69) is 20.6 Å². The van der Waals surface area contributed by atoms with Gasteiger partial charge in [0.05, 0.1) is 18.8 Å². The average molecular weight is 385 g/mol. The van der Waals surface area contributed by atoms with E-state index in [1.807, 2.05) is 51.1 Å². The number of oxazole rings is 1. The normalized spacial score (nSPS) is 15.1. The number of amides is 1. The Hall–Kier alpha value is -3.03. The van der Waals surface area contributed by atoms with Gasteiger partial charge in [-0.15, -0.1) is 0 Å². The second-order valence-electron chi connectivity index (χ2n) is 7.64. The third-order valence-corrected chi connectivity index (χ3v) is 4.12. The number of carbonyl (C=O) groups is 1. The predicted molar refractivity (Wildman–Crippen MR) is 107 cm³/mol. The lowest BCUT2D eigenvalue weighted by atomic mass is 10.1. The molecule has 3 rings (SSSR count). The molecule has 0 radical (unpaired) electrons. The van der Waals surface area contributed by atoms with Crippen LogP contribution in [0.4, 0.5) is 4.79 Å². The van der Waals surface area contributed by atoms with Crippen LogP contribution in [0.25, 0.3) is 11.3 Å². The molecule has 0 atom stereocenters. The van der Waals surface area contributed by atoms with Crippen LogP contribution >= 0.6 is 0 Å². The molecule has 2 N–H and O–H groups in total. The number of likely N-dealkylation sites (tertiary alicyclic amines) is 1. The van der Waals surface area contributed by atoms with E-state index >= 15 is 0 Å². The first-order valence-corrected chi connectivity index (χ1v) is 9.29. The summed E-state index contributed by atoms with van der Waals surface area (Å²) in [5.74, 6) is 1.94. The smallest absolute Gasteiger partial charge is 0.410 e. The second kappa shape index (κ2) is 8.33. The highest BCUT2D eigenvalue weighted by molar-refractivity contribution is 5.80. The molecular weight excluding hydrogens is 358 g/mol. The summed E-state index contributed by atoms with van der Waals surface area (Å²) in [6, 6.07) is 9.96. The molecule has 8 nitrogen and oxygen atoms in total. The van der Waals surface area contributed by atoms with Crippen molar-refractivity contribution >= 4 is 12.1 Å². The molecule has 1 aliphatic heterocycles. The lowest BCUT2D eigenvalue weighted by Gasteiger charge is -2.40. The summed E-state index contributed by atoms with van der Waals surface area (Å²) in [6.07, 6.45) is 1.43. The molecule has 150 valence electrons. The topological polar surface area (TPSA) is 92.0 Å². The molecule has 0 bridgehead atoms. The Morgan fingerprint density at radius 1 is 1.32 bits per heavy atom. The van der Waals surface area contributed by atoms with Crippen molar-refractivity contribution in [3.63, 3.8) is 0 Å². The number of aliphatic imine (C=N–C) groups is 1. The molecule has 2 aromatic rings. The van der Waals surface area contributed by atoms with Crippen molar-refractivity contribution < 1.29 is 13.9 Å². The van der Waals surface area contributed by atoms with E-state index in [1.165, 1.54) is 0 Å². The fraction of sp³-hybridized carbons (Fsp3) is 0.450. The van der Waals surface area contributed by atoms with Gasteiger partial charge in [-0.05, 0) is 20.8 Å². The predicted octanol–water partition coefficient (Wildman–Crippen LogP) is 2.63. The first-order chi connectivity index (χ1) is 13.3. The van der Waals surface area contributed by atoms with E-state index in [0.717, 1.165) is 11.3 Å². The molecule has 1 saturated heterocycles. The van der Waals surface area contributed by atoms with Crippen molar-refractivity contribution in [2.24, 2.45) is 4.99 Å². The van der Waals surface area contributed by atoms with Crippen LogP contribution in [0, 0.1) is 0 Å². The fourth-order valence-corrected chi connectivity index (χ4v) is 2.72. The van der Waals surface area contributed by atoms with Crippen LogP contribution in [0.1, 0.15) is 26.7 Å². The van der Waals surface area contributed by atoms with Crippen molar-refractivity contribution in [2.75, 3.05) is 20.1 Å². The number of guanidine groups is 1. The Labute approximate surface area is 165 Å². The minimum absolute atomic E-state index is 0.128. The minimum atomic E-state index is -0.484. The van der Waals surface area contributed by atoms with Crippen LogP contribution in [-0.4, -0.2) is 53.7 Å². The van der Waals surface area contributed by atoms with Gasteiger partial charge < -0.3 is 24.7 Å². The number of aromatic nitrogens is 1. The third kappa shape index (κ3) is 5.25. The molecular formula is C20H27N5O3. The summed E-state index contributed by atoms with van der Waals surface area (Å²) in [6.45, 7) is 7.14. The van der Waals surface area contributed by atoms with Crippen molar-refractivity contribution in [1.29, 1.82) is 0 Å². The number of benzene rings is 1. The molecule has 1 amide bonds. The fourth-order valence-electron chi connectivity index (χ4n) is 2.72. The zero-order valence-electron chi connectivity index (χ0n) is 16.7. The highest BCUT2D eigenvalue weighted by Crippen LogP contribution is 2.19. The van der Waals surface area contributed by atoms with Gasteiger partial charge >= 0.3 is 6.09 Å². The Balaban J connectivity index is 1.44. The Morgan fingerprint density at radius 2 is 2.04 bits per heavy atom. The summed E-state index contributed by atoms with van der Waals surface area (Å²) in [4.78, 5) is 22.2. The molecule has 2 heterocycles. The zero-order valence-corrected chi connectivity index (χ0v) is 16.7. The quantitative estimate of drug-likeness (QED) is 0.621. The Bertz CT molecular complexity index is 820. The first kappa shape index (κ1) is 19.7. The SMILES string of the molecule is CN=C(NCc1ncc(-c2ccccc2)o1)NC1CN(C(=O)OC(C)(C)C)C1. The Kier molecular flexibility index (Phi) is 5.87. The number of ether oxygens (including phenoxy) is 1. The average Bonchev–Trinajstić information content (AvgIpc) is 3.08. The van der Waals surface area contributed by atoms with E-state index in [0.29, 0.717) is 31.5 Å². The van der Waals surface area contributed by atoms with Gasteiger partial charge in [0.2, 0.25) is 5.89 Å². The molecule has 1 aromatic carbocycles. The number of hydrogen-bond acceptors (Lipinski definition) is 5. The molecule has 0 saturated carbocycles. The molecule has 1 fully saturated rings. The molecule has 1 aromatic heterocycles. The third-order valence-electron chi connectivity index (χ3n) is 4.12. The molecule has 0 unspecified atom stereocenters. The van der Waals surface area contributed by atoms with E-state index in [-0.39, 0.29) is 12.1 Å². The van der Waals surface area contributed by atoms with Gasteiger partial charge in [0.25, 0.3) is 0 Å². The Morgan fingerprint density at radius 3 is 2.68 bits per heavy atom. The largest absolute Gasteiger partial charge is 0.444 e. The molecule has 28 heavy (non-hydrogen) atoms. The van der Waals surface area contributed by atoms with Crippen LogP contribution in [0.5, 0.6) is 0 Å². The first-order valence-electron chi connectivity index (χ1n) is 9.29. The highest BCUT2D eigenvalue weighted by Gasteiger charge is 2.34. The number of hydrogen-bond donors (Lipinski definition) is 2. The van der Waals surface area contributed by atoms with Crippen LogP contribution in [0.15, 0.2) is 45.9 Å². The maximum Gasteiger partial charge on any atom is 0.410 e. The van der Waals surface area contributed by atoms with Gasteiger partial charge in [-0.3, -0.25) is 4.99 Å². The van der Waals surface area contributed by atoms with Crippen molar-refractivity contribution in [1.82, 2.24) is 20.5 Å². The van der Waals surface area contributed by atoms with Gasteiger partial charge in [0.15, 0.2) is 11.7 Å². The van der Waals surface area contributed by atoms with Crippen LogP contribution < -0.4 is 10.6 Å². The van der Waals surface area contributed by atoms with Crippen molar-refractivity contribution in [2.45, 2.75) is 39.0 Å². The van der Waals surface area contributed by atoms with Crippen LogP contribution in [-0.2, 0) is 11.3 Å². The van der Waals surface area contributed by atoms with E-state index in [4.69, 9.17) is 9.15 Å². The molecule has 0 spiro atoms. The highest BCUT2D eigenvalue weighted by atomic mass is 16.6. The number of nitrogens with one attached hydrogen (secondary N) is 2. The maximum absolute atomic E-state index is 12.0. The van der Waals surface area contributed by atoms with E-state index in [9.17, 15) is 4.79 Å². The zero-order chi connectivity index (χ0) is 20.1. The lowest BCUT2D eigenvalue weighted by molar-refractivity contribution is 0.00701. The molecule has 8 heteroatoms. The van der Waals surface area contributed by atoms with E-state index in [1.54, 1.807) is 18.1 Å². The van der Waals surface area contributed by atoms with Crippen LogP contribution in [0.2, 0.25) is 0 Å². The van der Waals surface area contributed by atoms with Gasteiger partial charge in [0, 0.05) is 25.7 Å². The minimum Gasteiger partial charge on any atom is -0.444 e. The molecule has 0 aliphatic carbocycles. The maximum atomic E-state index is 12.0. The van der Waals surface area contributed by atoms with Crippen molar-refractivity contribution in [3.05, 3.63) is 42.4 Å². The standard InChI is InChI=1S/C20H27N5O3/c1-20(2,3)28-19(26)25-12-15(13-25)24-18(21-4)23-11-17-22-10-16(27-17)14-8-6-5-7-9-14/h5-10,15H,11-13H2,1-4H3,(H2,21,23,24). The number of nitrogens with zero attached hydrogens (tertiary/aromatic N) is 3. The molecule has 1 aliphatic rings. The van der Waals surface area contributed by atoms with Gasteiger partial charge in [-0.1, -0.05) is 30.3 Å². The summed E-state index contributed by atoms with van der Waals surface area (Å²) in [5.41, 5.74) is 0.502. The van der Waals surface area contributed by atoms with E-state index < -0.39 is 5.60 Å². The second-order valence-corrected chi connectivity index (χ2v) is 7.64.